The molecule has 0 radical (unpaired) electrons. The fraction of sp³-hybridized carbons (Fsp3) is 0.176. The lowest BCUT2D eigenvalue weighted by Gasteiger charge is -2.07. The zero-order valence-electron chi connectivity index (χ0n) is 12.8. The van der Waals surface area contributed by atoms with Gasteiger partial charge >= 0.3 is 0 Å². The molecular weight excluding hydrogens is 335 g/mol. The number of carbonyl (C=O) groups is 1. The van der Waals surface area contributed by atoms with Crippen LogP contribution in [-0.2, 0) is 4.79 Å². The fourth-order valence-corrected chi connectivity index (χ4v) is 2.22. The molecule has 0 fully saturated rings. The molecular formula is C17H16Cl2N2O2. The van der Waals surface area contributed by atoms with Crippen molar-refractivity contribution in [3.63, 3.8) is 0 Å². The Bertz CT molecular complexity index is 745. The Balaban J connectivity index is 1.85. The highest BCUT2D eigenvalue weighted by molar-refractivity contribution is 6.36. The minimum absolute atomic E-state index is 0.117. The van der Waals surface area contributed by atoms with Crippen LogP contribution in [0, 0.1) is 13.8 Å². The van der Waals surface area contributed by atoms with Gasteiger partial charge in [-0.25, -0.2) is 5.43 Å². The molecule has 0 bridgehead atoms. The third kappa shape index (κ3) is 5.27. The molecule has 0 aliphatic rings. The summed E-state index contributed by atoms with van der Waals surface area (Å²) in [4.78, 5) is 11.7. The first kappa shape index (κ1) is 17.3. The Morgan fingerprint density at radius 3 is 2.65 bits per heavy atom. The van der Waals surface area contributed by atoms with Gasteiger partial charge < -0.3 is 4.74 Å². The summed E-state index contributed by atoms with van der Waals surface area (Å²) in [6.45, 7) is 3.89. The van der Waals surface area contributed by atoms with Crippen molar-refractivity contribution in [3.8, 4) is 5.75 Å². The number of nitrogens with zero attached hydrogens (tertiary/aromatic N) is 1. The maximum atomic E-state index is 11.7. The Morgan fingerprint density at radius 1 is 1.17 bits per heavy atom. The Kier molecular flexibility index (Phi) is 6.02. The third-order valence-electron chi connectivity index (χ3n) is 3.20. The van der Waals surface area contributed by atoms with E-state index in [0.717, 1.165) is 5.56 Å². The number of aryl methyl sites for hydroxylation is 2. The highest BCUT2D eigenvalue weighted by Gasteiger charge is 2.03. The predicted octanol–water partition coefficient (Wildman–Crippen LogP) is 4.14. The second-order valence-electron chi connectivity index (χ2n) is 4.99. The molecule has 23 heavy (non-hydrogen) atoms. The van der Waals surface area contributed by atoms with Crippen molar-refractivity contribution in [2.45, 2.75) is 13.8 Å². The van der Waals surface area contributed by atoms with Gasteiger partial charge in [-0.05, 0) is 49.2 Å². The third-order valence-corrected chi connectivity index (χ3v) is 3.77. The van der Waals surface area contributed by atoms with Crippen molar-refractivity contribution < 1.29 is 9.53 Å². The molecule has 0 atom stereocenters. The SMILES string of the molecule is Cc1ccc(OCC(=O)N/N=C/c2ccc(Cl)cc2Cl)cc1C. The smallest absolute Gasteiger partial charge is 0.277 e. The van der Waals surface area contributed by atoms with Crippen LogP contribution in [-0.4, -0.2) is 18.7 Å². The summed E-state index contributed by atoms with van der Waals surface area (Å²) in [6.07, 6.45) is 1.45. The van der Waals surface area contributed by atoms with Gasteiger partial charge in [-0.1, -0.05) is 35.3 Å². The lowest BCUT2D eigenvalue weighted by atomic mass is 10.1. The summed E-state index contributed by atoms with van der Waals surface area (Å²) >= 11 is 11.8. The summed E-state index contributed by atoms with van der Waals surface area (Å²) in [5, 5.41) is 4.84. The van der Waals surface area contributed by atoms with E-state index in [1.807, 2.05) is 32.0 Å². The van der Waals surface area contributed by atoms with E-state index < -0.39 is 0 Å². The molecule has 0 unspecified atom stereocenters. The Labute approximate surface area is 145 Å². The van der Waals surface area contributed by atoms with Crippen molar-refractivity contribution in [2.24, 2.45) is 5.10 Å². The first-order valence-electron chi connectivity index (χ1n) is 6.92. The van der Waals surface area contributed by atoms with Gasteiger partial charge in [0.05, 0.1) is 11.2 Å². The van der Waals surface area contributed by atoms with Gasteiger partial charge in [0.1, 0.15) is 5.75 Å². The number of amides is 1. The number of rotatable bonds is 5. The quantitative estimate of drug-likeness (QED) is 0.650. The number of ether oxygens (including phenoxy) is 1. The molecule has 0 heterocycles. The van der Waals surface area contributed by atoms with Crippen LogP contribution in [0.25, 0.3) is 0 Å². The van der Waals surface area contributed by atoms with Gasteiger partial charge in [-0.15, -0.1) is 0 Å². The number of carbonyl (C=O) groups excluding carboxylic acids is 1. The predicted molar refractivity (Wildman–Crippen MR) is 93.6 cm³/mol. The molecule has 1 amide bonds. The van der Waals surface area contributed by atoms with Crippen molar-refractivity contribution >= 4 is 35.3 Å². The topological polar surface area (TPSA) is 50.7 Å². The van der Waals surface area contributed by atoms with Gasteiger partial charge in [0.15, 0.2) is 6.61 Å². The van der Waals surface area contributed by atoms with Gasteiger partial charge in [-0.3, -0.25) is 4.79 Å². The maximum Gasteiger partial charge on any atom is 0.277 e. The van der Waals surface area contributed by atoms with Crippen LogP contribution >= 0.6 is 23.2 Å². The van der Waals surface area contributed by atoms with Gasteiger partial charge in [0, 0.05) is 10.6 Å². The molecule has 2 aromatic rings. The van der Waals surface area contributed by atoms with Crippen molar-refractivity contribution in [3.05, 3.63) is 63.1 Å². The number of hydrogen-bond donors (Lipinski definition) is 1. The van der Waals surface area contributed by atoms with Crippen LogP contribution in [0.3, 0.4) is 0 Å². The van der Waals surface area contributed by atoms with Gasteiger partial charge in [-0.2, -0.15) is 5.10 Å². The first-order chi connectivity index (χ1) is 11.0. The summed E-state index contributed by atoms with van der Waals surface area (Å²) in [5.74, 6) is 0.289. The fourth-order valence-electron chi connectivity index (χ4n) is 1.76. The first-order valence-corrected chi connectivity index (χ1v) is 7.68. The van der Waals surface area contributed by atoms with E-state index in [0.29, 0.717) is 21.4 Å². The highest BCUT2D eigenvalue weighted by atomic mass is 35.5. The van der Waals surface area contributed by atoms with E-state index in [4.69, 9.17) is 27.9 Å². The summed E-state index contributed by atoms with van der Waals surface area (Å²) in [5.41, 5.74) is 5.32. The summed E-state index contributed by atoms with van der Waals surface area (Å²) in [6, 6.07) is 10.7. The molecule has 0 aromatic heterocycles. The Morgan fingerprint density at radius 2 is 1.96 bits per heavy atom. The van der Waals surface area contributed by atoms with E-state index in [1.165, 1.54) is 11.8 Å². The Hall–Kier alpha value is -2.04. The van der Waals surface area contributed by atoms with Crippen LogP contribution in [0.2, 0.25) is 10.0 Å². The molecule has 120 valence electrons. The van der Waals surface area contributed by atoms with Gasteiger partial charge in [0.2, 0.25) is 0 Å². The van der Waals surface area contributed by atoms with Crippen LogP contribution < -0.4 is 10.2 Å². The lowest BCUT2D eigenvalue weighted by Crippen LogP contribution is -2.24. The molecule has 6 heteroatoms. The zero-order chi connectivity index (χ0) is 16.8. The zero-order valence-corrected chi connectivity index (χ0v) is 14.3. The minimum atomic E-state index is -0.357. The van der Waals surface area contributed by atoms with E-state index in [-0.39, 0.29) is 12.5 Å². The van der Waals surface area contributed by atoms with E-state index in [9.17, 15) is 4.79 Å². The maximum absolute atomic E-state index is 11.7. The van der Waals surface area contributed by atoms with Crippen molar-refractivity contribution in [2.75, 3.05) is 6.61 Å². The summed E-state index contributed by atoms with van der Waals surface area (Å²) < 4.78 is 5.42. The van der Waals surface area contributed by atoms with E-state index in [2.05, 4.69) is 10.5 Å². The molecule has 0 saturated heterocycles. The number of benzene rings is 2. The molecule has 2 rings (SSSR count). The monoisotopic (exact) mass is 350 g/mol. The van der Waals surface area contributed by atoms with E-state index in [1.54, 1.807) is 18.2 Å². The molecule has 4 nitrogen and oxygen atoms in total. The minimum Gasteiger partial charge on any atom is -0.484 e. The highest BCUT2D eigenvalue weighted by Crippen LogP contribution is 2.19. The van der Waals surface area contributed by atoms with Crippen LogP contribution in [0.4, 0.5) is 0 Å². The van der Waals surface area contributed by atoms with Crippen molar-refractivity contribution in [1.29, 1.82) is 0 Å². The molecule has 0 aliphatic heterocycles. The van der Waals surface area contributed by atoms with Crippen LogP contribution in [0.1, 0.15) is 16.7 Å². The molecule has 0 aliphatic carbocycles. The average Bonchev–Trinajstić information content (AvgIpc) is 2.50. The molecule has 0 spiro atoms. The second-order valence-corrected chi connectivity index (χ2v) is 5.84. The standard InChI is InChI=1S/C17H16Cl2N2O2/c1-11-3-6-15(7-12(11)2)23-10-17(22)21-20-9-13-4-5-14(18)8-16(13)19/h3-9H,10H2,1-2H3,(H,21,22)/b20-9+. The number of nitrogens with one attached hydrogen (secondary N) is 1. The molecule has 1 N–H and O–H groups in total. The largest absolute Gasteiger partial charge is 0.484 e. The number of hydrogen-bond acceptors (Lipinski definition) is 3. The molecule has 0 saturated carbocycles. The normalized spacial score (nSPS) is 10.8. The average molecular weight is 351 g/mol. The summed E-state index contributed by atoms with van der Waals surface area (Å²) in [7, 11) is 0. The molecule has 2 aromatic carbocycles. The number of halogens is 2. The van der Waals surface area contributed by atoms with Crippen LogP contribution in [0.5, 0.6) is 5.75 Å². The van der Waals surface area contributed by atoms with Crippen molar-refractivity contribution in [1.82, 2.24) is 5.43 Å². The van der Waals surface area contributed by atoms with Crippen LogP contribution in [0.15, 0.2) is 41.5 Å². The number of hydrazone groups is 1. The van der Waals surface area contributed by atoms with Gasteiger partial charge in [0.25, 0.3) is 5.91 Å². The van der Waals surface area contributed by atoms with E-state index >= 15 is 0 Å². The lowest BCUT2D eigenvalue weighted by molar-refractivity contribution is -0.123. The second kappa shape index (κ2) is 7.99.